The van der Waals surface area contributed by atoms with E-state index in [1.807, 2.05) is 30.3 Å². The lowest BCUT2D eigenvalue weighted by Gasteiger charge is -2.22. The van der Waals surface area contributed by atoms with Crippen molar-refractivity contribution in [1.29, 1.82) is 0 Å². The van der Waals surface area contributed by atoms with Gasteiger partial charge in [-0.05, 0) is 41.2 Å². The number of hydrogen-bond acceptors (Lipinski definition) is 1. The van der Waals surface area contributed by atoms with E-state index >= 15 is 0 Å². The van der Waals surface area contributed by atoms with Gasteiger partial charge < -0.3 is 5.11 Å². The van der Waals surface area contributed by atoms with Crippen LogP contribution >= 0.6 is 0 Å². The third-order valence-corrected chi connectivity index (χ3v) is 3.64. The molecular weight excluding hydrogens is 255 g/mol. The zero-order valence-electron chi connectivity index (χ0n) is 10.8. The Morgan fingerprint density at radius 2 is 1.75 bits per heavy atom. The first-order chi connectivity index (χ1) is 9.68. The standard InChI is InChI=1S/C17H13FO2/c18-15-8-4-7-13-12(15)9-10-14(17(19)20)16(13)11-5-2-1-3-6-11/h1-8H,9-10H2,(H,19,20). The molecule has 1 N–H and O–H groups in total. The van der Waals surface area contributed by atoms with Crippen LogP contribution in [0.1, 0.15) is 23.1 Å². The molecule has 0 atom stereocenters. The lowest BCUT2D eigenvalue weighted by molar-refractivity contribution is -0.132. The highest BCUT2D eigenvalue weighted by Crippen LogP contribution is 2.37. The molecule has 0 saturated carbocycles. The van der Waals surface area contributed by atoms with E-state index in [0.717, 1.165) is 5.56 Å². The Balaban J connectivity index is 2.30. The molecule has 100 valence electrons. The summed E-state index contributed by atoms with van der Waals surface area (Å²) >= 11 is 0. The fourth-order valence-corrected chi connectivity index (χ4v) is 2.73. The van der Waals surface area contributed by atoms with Crippen molar-refractivity contribution in [3.8, 4) is 0 Å². The molecule has 1 aliphatic carbocycles. The normalized spacial score (nSPS) is 14.1. The van der Waals surface area contributed by atoms with Crippen molar-refractivity contribution in [1.82, 2.24) is 0 Å². The number of carboxylic acids is 1. The van der Waals surface area contributed by atoms with Gasteiger partial charge in [-0.25, -0.2) is 9.18 Å². The van der Waals surface area contributed by atoms with Gasteiger partial charge in [-0.15, -0.1) is 0 Å². The maximum Gasteiger partial charge on any atom is 0.332 e. The molecule has 1 aliphatic rings. The second kappa shape index (κ2) is 4.93. The van der Waals surface area contributed by atoms with Gasteiger partial charge in [-0.2, -0.15) is 0 Å². The topological polar surface area (TPSA) is 37.3 Å². The molecule has 2 aromatic rings. The van der Waals surface area contributed by atoms with E-state index < -0.39 is 5.97 Å². The van der Waals surface area contributed by atoms with Crippen molar-refractivity contribution < 1.29 is 14.3 Å². The molecule has 20 heavy (non-hydrogen) atoms. The van der Waals surface area contributed by atoms with E-state index in [2.05, 4.69) is 0 Å². The SMILES string of the molecule is O=C(O)C1=C(c2ccccc2)c2cccc(F)c2CC1. The smallest absolute Gasteiger partial charge is 0.332 e. The number of halogens is 1. The average molecular weight is 268 g/mol. The summed E-state index contributed by atoms with van der Waals surface area (Å²) in [5, 5.41) is 9.41. The lowest BCUT2D eigenvalue weighted by Crippen LogP contribution is -2.14. The van der Waals surface area contributed by atoms with E-state index in [4.69, 9.17) is 0 Å². The van der Waals surface area contributed by atoms with Gasteiger partial charge in [0, 0.05) is 5.57 Å². The molecule has 2 aromatic carbocycles. The number of hydrogen-bond donors (Lipinski definition) is 1. The van der Waals surface area contributed by atoms with Crippen molar-refractivity contribution in [2.75, 3.05) is 0 Å². The van der Waals surface area contributed by atoms with Crippen LogP contribution in [0, 0.1) is 5.82 Å². The molecule has 0 bridgehead atoms. The molecule has 0 unspecified atom stereocenters. The highest BCUT2D eigenvalue weighted by Gasteiger charge is 2.25. The molecule has 0 fully saturated rings. The zero-order chi connectivity index (χ0) is 14.1. The molecule has 3 rings (SSSR count). The number of rotatable bonds is 2. The van der Waals surface area contributed by atoms with E-state index in [1.165, 1.54) is 6.07 Å². The number of carboxylic acid groups (broad SMARTS) is 1. The minimum absolute atomic E-state index is 0.264. The monoisotopic (exact) mass is 268 g/mol. The Labute approximate surface area is 116 Å². The minimum Gasteiger partial charge on any atom is -0.478 e. The molecular formula is C17H13FO2. The molecule has 2 nitrogen and oxygen atoms in total. The predicted molar refractivity (Wildman–Crippen MR) is 74.8 cm³/mol. The van der Waals surface area contributed by atoms with Crippen molar-refractivity contribution in [3.63, 3.8) is 0 Å². The van der Waals surface area contributed by atoms with E-state index in [9.17, 15) is 14.3 Å². The summed E-state index contributed by atoms with van der Waals surface area (Å²) in [6.45, 7) is 0. The maximum absolute atomic E-state index is 13.9. The van der Waals surface area contributed by atoms with Crippen molar-refractivity contribution in [2.24, 2.45) is 0 Å². The number of aliphatic carboxylic acids is 1. The summed E-state index contributed by atoms with van der Waals surface area (Å²) < 4.78 is 13.9. The summed E-state index contributed by atoms with van der Waals surface area (Å²) in [6, 6.07) is 14.2. The molecule has 0 amide bonds. The molecule has 0 aromatic heterocycles. The van der Waals surface area contributed by atoms with Gasteiger partial charge in [0.1, 0.15) is 5.82 Å². The Morgan fingerprint density at radius 3 is 2.45 bits per heavy atom. The molecule has 0 spiro atoms. The van der Waals surface area contributed by atoms with Crippen LogP contribution in [0.25, 0.3) is 5.57 Å². The first kappa shape index (κ1) is 12.6. The van der Waals surface area contributed by atoms with Gasteiger partial charge in [0.25, 0.3) is 0 Å². The van der Waals surface area contributed by atoms with Crippen molar-refractivity contribution in [3.05, 3.63) is 76.6 Å². The quantitative estimate of drug-likeness (QED) is 0.902. The largest absolute Gasteiger partial charge is 0.478 e. The third kappa shape index (κ3) is 2.01. The summed E-state index contributed by atoms with van der Waals surface area (Å²) in [6.07, 6.45) is 0.785. The molecule has 0 saturated heterocycles. The average Bonchev–Trinajstić information content (AvgIpc) is 2.47. The fraction of sp³-hybridized carbons (Fsp3) is 0.118. The highest BCUT2D eigenvalue weighted by atomic mass is 19.1. The van der Waals surface area contributed by atoms with Crippen molar-refractivity contribution >= 4 is 11.5 Å². The van der Waals surface area contributed by atoms with Crippen LogP contribution in [0.4, 0.5) is 4.39 Å². The fourth-order valence-electron chi connectivity index (χ4n) is 2.73. The van der Waals surface area contributed by atoms with Crippen molar-refractivity contribution in [2.45, 2.75) is 12.8 Å². The zero-order valence-corrected chi connectivity index (χ0v) is 10.8. The van der Waals surface area contributed by atoms with Gasteiger partial charge in [-0.3, -0.25) is 0 Å². The highest BCUT2D eigenvalue weighted by molar-refractivity contribution is 6.02. The predicted octanol–water partition coefficient (Wildman–Crippen LogP) is 3.66. The third-order valence-electron chi connectivity index (χ3n) is 3.64. The van der Waals surface area contributed by atoms with Crippen LogP contribution in [0.3, 0.4) is 0 Å². The second-order valence-electron chi connectivity index (χ2n) is 4.79. The van der Waals surface area contributed by atoms with Gasteiger partial charge in [0.05, 0.1) is 0 Å². The summed E-state index contributed by atoms with van der Waals surface area (Å²) in [5.74, 6) is -1.20. The lowest BCUT2D eigenvalue weighted by atomic mass is 9.82. The first-order valence-electron chi connectivity index (χ1n) is 6.48. The summed E-state index contributed by atoms with van der Waals surface area (Å²) in [5.41, 5.74) is 3.11. The van der Waals surface area contributed by atoms with E-state index in [-0.39, 0.29) is 5.82 Å². The number of benzene rings is 2. The van der Waals surface area contributed by atoms with Crippen LogP contribution in [-0.2, 0) is 11.2 Å². The molecule has 3 heteroatoms. The summed E-state index contributed by atoms with van der Waals surface area (Å²) in [7, 11) is 0. The second-order valence-corrected chi connectivity index (χ2v) is 4.79. The Kier molecular flexibility index (Phi) is 3.11. The maximum atomic E-state index is 13.9. The Bertz CT molecular complexity index is 702. The van der Waals surface area contributed by atoms with E-state index in [1.54, 1.807) is 12.1 Å². The van der Waals surface area contributed by atoms with Crippen LogP contribution < -0.4 is 0 Å². The Hall–Kier alpha value is -2.42. The Morgan fingerprint density at radius 1 is 1.00 bits per heavy atom. The minimum atomic E-state index is -0.932. The van der Waals surface area contributed by atoms with Gasteiger partial charge >= 0.3 is 5.97 Å². The van der Waals surface area contributed by atoms with Gasteiger partial charge in [0.2, 0.25) is 0 Å². The van der Waals surface area contributed by atoms with Crippen LogP contribution in [-0.4, -0.2) is 11.1 Å². The van der Waals surface area contributed by atoms with Crippen LogP contribution in [0.2, 0.25) is 0 Å². The number of carbonyl (C=O) groups is 1. The summed E-state index contributed by atoms with van der Waals surface area (Å²) in [4.78, 5) is 11.5. The molecule has 0 heterocycles. The van der Waals surface area contributed by atoms with Crippen LogP contribution in [0.15, 0.2) is 54.1 Å². The molecule has 0 aliphatic heterocycles. The van der Waals surface area contributed by atoms with Crippen LogP contribution in [0.5, 0.6) is 0 Å². The van der Waals surface area contributed by atoms with E-state index in [0.29, 0.717) is 35.1 Å². The van der Waals surface area contributed by atoms with Gasteiger partial charge in [0.15, 0.2) is 0 Å². The number of fused-ring (bicyclic) bond motifs is 1. The molecule has 0 radical (unpaired) electrons. The van der Waals surface area contributed by atoms with Gasteiger partial charge in [-0.1, -0.05) is 42.5 Å². The first-order valence-corrected chi connectivity index (χ1v) is 6.48.